The van der Waals surface area contributed by atoms with Crippen LogP contribution in [0, 0.1) is 6.92 Å². The summed E-state index contributed by atoms with van der Waals surface area (Å²) in [7, 11) is 1.91. The van der Waals surface area contributed by atoms with Crippen molar-refractivity contribution >= 4 is 5.57 Å². The number of hydrogen-bond donors (Lipinski definition) is 2. The molecule has 0 radical (unpaired) electrons. The Morgan fingerprint density at radius 2 is 2.11 bits per heavy atom. The summed E-state index contributed by atoms with van der Waals surface area (Å²) >= 11 is 0. The molecular formula is C15H18N2O. The summed E-state index contributed by atoms with van der Waals surface area (Å²) in [4.78, 5) is 1.90. The molecule has 0 unspecified atom stereocenters. The highest BCUT2D eigenvalue weighted by molar-refractivity contribution is 5.79. The number of aliphatic hydroxyl groups is 1. The maximum Gasteiger partial charge on any atom is 0.0690 e. The number of benzene rings is 1. The standard InChI is InChI=1S/C15H18N2O/c1-10-5-4-6-13(14(10)9-18)12-7-15(16)11(2)17(3)8-12/h4-8,18H,2,9,16H2,1,3H3. The molecule has 0 fully saturated rings. The van der Waals surface area contributed by atoms with E-state index in [1.807, 2.05) is 49.3 Å². The number of aliphatic hydroxyl groups excluding tert-OH is 1. The second kappa shape index (κ2) is 4.70. The van der Waals surface area contributed by atoms with E-state index in [-0.39, 0.29) is 6.61 Å². The quantitative estimate of drug-likeness (QED) is 0.835. The van der Waals surface area contributed by atoms with Gasteiger partial charge in [-0.3, -0.25) is 0 Å². The van der Waals surface area contributed by atoms with E-state index >= 15 is 0 Å². The van der Waals surface area contributed by atoms with Crippen LogP contribution in [0.3, 0.4) is 0 Å². The summed E-state index contributed by atoms with van der Waals surface area (Å²) in [6, 6.07) is 5.97. The molecule has 2 rings (SSSR count). The van der Waals surface area contributed by atoms with Crippen molar-refractivity contribution in [3.63, 3.8) is 0 Å². The number of aryl methyl sites for hydroxylation is 1. The minimum absolute atomic E-state index is 0.0255. The lowest BCUT2D eigenvalue weighted by atomic mass is 9.94. The number of nitrogens with zero attached hydrogens (tertiary/aromatic N) is 1. The first-order valence-corrected chi connectivity index (χ1v) is 5.85. The van der Waals surface area contributed by atoms with E-state index < -0.39 is 0 Å². The third-order valence-electron chi connectivity index (χ3n) is 3.28. The fourth-order valence-corrected chi connectivity index (χ4v) is 2.11. The molecule has 0 aromatic heterocycles. The summed E-state index contributed by atoms with van der Waals surface area (Å²) in [6.07, 6.45) is 3.88. The van der Waals surface area contributed by atoms with Crippen LogP contribution in [0.5, 0.6) is 0 Å². The van der Waals surface area contributed by atoms with Gasteiger partial charge in [-0.15, -0.1) is 0 Å². The van der Waals surface area contributed by atoms with Gasteiger partial charge >= 0.3 is 0 Å². The molecule has 1 heterocycles. The lowest BCUT2D eigenvalue weighted by molar-refractivity contribution is 0.280. The largest absolute Gasteiger partial charge is 0.397 e. The maximum atomic E-state index is 9.50. The van der Waals surface area contributed by atoms with Gasteiger partial charge in [-0.05, 0) is 29.7 Å². The van der Waals surface area contributed by atoms with Crippen molar-refractivity contribution in [2.75, 3.05) is 7.05 Å². The fourth-order valence-electron chi connectivity index (χ4n) is 2.11. The van der Waals surface area contributed by atoms with E-state index in [4.69, 9.17) is 5.73 Å². The molecule has 1 aliphatic rings. The highest BCUT2D eigenvalue weighted by Gasteiger charge is 2.15. The Hall–Kier alpha value is -2.00. The Labute approximate surface area is 108 Å². The van der Waals surface area contributed by atoms with Crippen LogP contribution < -0.4 is 5.73 Å². The summed E-state index contributed by atoms with van der Waals surface area (Å²) < 4.78 is 0. The number of likely N-dealkylation sites (N-methyl/N-ethyl adjacent to an activating group) is 1. The molecule has 0 saturated heterocycles. The zero-order valence-corrected chi connectivity index (χ0v) is 10.8. The Kier molecular flexibility index (Phi) is 3.26. The highest BCUT2D eigenvalue weighted by Crippen LogP contribution is 2.28. The van der Waals surface area contributed by atoms with E-state index in [1.165, 1.54) is 0 Å². The SMILES string of the molecule is C=C1C(N)=CC(c2cccc(C)c2CO)=CN1C. The lowest BCUT2D eigenvalue weighted by Gasteiger charge is -2.24. The summed E-state index contributed by atoms with van der Waals surface area (Å²) in [5, 5.41) is 9.50. The first kappa shape index (κ1) is 12.5. The van der Waals surface area contributed by atoms with Gasteiger partial charge in [0.25, 0.3) is 0 Å². The van der Waals surface area contributed by atoms with E-state index in [0.29, 0.717) is 5.70 Å². The van der Waals surface area contributed by atoms with Crippen molar-refractivity contribution in [1.29, 1.82) is 0 Å². The third-order valence-corrected chi connectivity index (χ3v) is 3.28. The van der Waals surface area contributed by atoms with E-state index in [0.717, 1.165) is 28.0 Å². The summed E-state index contributed by atoms with van der Waals surface area (Å²) in [6.45, 7) is 5.92. The minimum Gasteiger partial charge on any atom is -0.397 e. The van der Waals surface area contributed by atoms with Crippen molar-refractivity contribution in [2.45, 2.75) is 13.5 Å². The van der Waals surface area contributed by atoms with E-state index in [9.17, 15) is 5.11 Å². The molecule has 1 aromatic rings. The Bertz CT molecular complexity index is 556. The molecule has 0 spiro atoms. The number of rotatable bonds is 2. The van der Waals surface area contributed by atoms with Crippen molar-refractivity contribution in [3.8, 4) is 0 Å². The van der Waals surface area contributed by atoms with E-state index in [1.54, 1.807) is 0 Å². The minimum atomic E-state index is 0.0255. The van der Waals surface area contributed by atoms with Crippen molar-refractivity contribution in [2.24, 2.45) is 5.73 Å². The van der Waals surface area contributed by atoms with Gasteiger partial charge < -0.3 is 15.7 Å². The zero-order valence-electron chi connectivity index (χ0n) is 10.8. The molecule has 0 bridgehead atoms. The van der Waals surface area contributed by atoms with Gasteiger partial charge in [0.2, 0.25) is 0 Å². The molecule has 0 amide bonds. The topological polar surface area (TPSA) is 49.5 Å². The Morgan fingerprint density at radius 3 is 2.72 bits per heavy atom. The van der Waals surface area contributed by atoms with Crippen LogP contribution in [0.2, 0.25) is 0 Å². The van der Waals surface area contributed by atoms with Gasteiger partial charge in [0, 0.05) is 18.8 Å². The van der Waals surface area contributed by atoms with Gasteiger partial charge in [0.1, 0.15) is 0 Å². The normalized spacial score (nSPS) is 15.5. The van der Waals surface area contributed by atoms with Crippen LogP contribution in [0.1, 0.15) is 16.7 Å². The third kappa shape index (κ3) is 2.05. The van der Waals surface area contributed by atoms with Crippen molar-refractivity contribution in [3.05, 3.63) is 65.1 Å². The highest BCUT2D eigenvalue weighted by atomic mass is 16.3. The van der Waals surface area contributed by atoms with Crippen LogP contribution in [-0.4, -0.2) is 17.1 Å². The first-order valence-electron chi connectivity index (χ1n) is 5.85. The number of allylic oxidation sites excluding steroid dienone is 2. The van der Waals surface area contributed by atoms with Gasteiger partial charge in [0.15, 0.2) is 0 Å². The predicted molar refractivity (Wildman–Crippen MR) is 74.3 cm³/mol. The number of nitrogens with two attached hydrogens (primary N) is 1. The first-order chi connectivity index (χ1) is 8.54. The molecule has 3 heteroatoms. The predicted octanol–water partition coefficient (Wildman–Crippen LogP) is 2.13. The van der Waals surface area contributed by atoms with Gasteiger partial charge in [0.05, 0.1) is 18.0 Å². The number of hydrogen-bond acceptors (Lipinski definition) is 3. The molecule has 1 aliphatic heterocycles. The van der Waals surface area contributed by atoms with Crippen LogP contribution in [0.4, 0.5) is 0 Å². The molecule has 0 saturated carbocycles. The van der Waals surface area contributed by atoms with Gasteiger partial charge in [-0.25, -0.2) is 0 Å². The Balaban J connectivity index is 2.54. The zero-order chi connectivity index (χ0) is 13.3. The molecular weight excluding hydrogens is 224 g/mol. The van der Waals surface area contributed by atoms with Crippen LogP contribution >= 0.6 is 0 Å². The molecule has 0 aliphatic carbocycles. The summed E-state index contributed by atoms with van der Waals surface area (Å²) in [5.74, 6) is 0. The second-order valence-corrected chi connectivity index (χ2v) is 4.50. The Morgan fingerprint density at radius 1 is 1.39 bits per heavy atom. The van der Waals surface area contributed by atoms with Gasteiger partial charge in [-0.1, -0.05) is 24.8 Å². The molecule has 3 nitrogen and oxygen atoms in total. The van der Waals surface area contributed by atoms with E-state index in [2.05, 4.69) is 6.58 Å². The lowest BCUT2D eigenvalue weighted by Crippen LogP contribution is -2.20. The molecule has 1 aromatic carbocycles. The smallest absolute Gasteiger partial charge is 0.0690 e. The van der Waals surface area contributed by atoms with Crippen LogP contribution in [0.15, 0.2) is 48.4 Å². The second-order valence-electron chi connectivity index (χ2n) is 4.50. The van der Waals surface area contributed by atoms with Crippen molar-refractivity contribution in [1.82, 2.24) is 4.90 Å². The molecule has 0 atom stereocenters. The average Bonchev–Trinajstić information content (AvgIpc) is 2.35. The van der Waals surface area contributed by atoms with Crippen LogP contribution in [-0.2, 0) is 6.61 Å². The molecule has 3 N–H and O–H groups in total. The fraction of sp³-hybridized carbons (Fsp3) is 0.200. The van der Waals surface area contributed by atoms with Gasteiger partial charge in [-0.2, -0.15) is 0 Å². The van der Waals surface area contributed by atoms with Crippen LogP contribution in [0.25, 0.3) is 5.57 Å². The monoisotopic (exact) mass is 242 g/mol. The maximum absolute atomic E-state index is 9.50. The molecule has 18 heavy (non-hydrogen) atoms. The average molecular weight is 242 g/mol. The molecule has 94 valence electrons. The summed E-state index contributed by atoms with van der Waals surface area (Å²) in [5.41, 5.74) is 11.4. The van der Waals surface area contributed by atoms with Crippen molar-refractivity contribution < 1.29 is 5.11 Å².